The first kappa shape index (κ1) is 23.3. The first-order chi connectivity index (χ1) is 17.2. The van der Waals surface area contributed by atoms with Gasteiger partial charge in [0.25, 0.3) is 0 Å². The third-order valence-electron chi connectivity index (χ3n) is 7.18. The standard InChI is InChI=1S/C32H34N2O/c1-24(35)33-29-17-13-25(14-18-29)8-6-7-21-34-22-19-28(20-23-34)32-30-11-4-2-9-26(30)15-16-27-10-3-5-12-31(27)32/h2-5,9-18H,6-8,19-23H2,1H3,(H,33,35). The van der Waals surface area contributed by atoms with Crippen molar-refractivity contribution in [2.45, 2.75) is 39.0 Å². The van der Waals surface area contributed by atoms with Gasteiger partial charge in [0.2, 0.25) is 5.91 Å². The van der Waals surface area contributed by atoms with Gasteiger partial charge in [-0.3, -0.25) is 4.79 Å². The van der Waals surface area contributed by atoms with Crippen LogP contribution in [0.1, 0.15) is 60.4 Å². The fourth-order valence-electron chi connectivity index (χ4n) is 5.36. The number of carbonyl (C=O) groups excluding carboxylic acids is 1. The Kier molecular flexibility index (Phi) is 7.25. The van der Waals surface area contributed by atoms with E-state index in [4.69, 9.17) is 0 Å². The van der Waals surface area contributed by atoms with Crippen LogP contribution in [0.15, 0.2) is 78.4 Å². The molecule has 1 N–H and O–H groups in total. The highest BCUT2D eigenvalue weighted by Crippen LogP contribution is 2.38. The van der Waals surface area contributed by atoms with Crippen molar-refractivity contribution in [2.75, 3.05) is 25.0 Å². The molecule has 1 fully saturated rings. The predicted octanol–water partition coefficient (Wildman–Crippen LogP) is 7.05. The lowest BCUT2D eigenvalue weighted by atomic mass is 9.86. The number of anilines is 1. The second kappa shape index (κ2) is 10.9. The van der Waals surface area contributed by atoms with Crippen LogP contribution < -0.4 is 5.32 Å². The van der Waals surface area contributed by atoms with Crippen molar-refractivity contribution in [3.63, 3.8) is 0 Å². The Morgan fingerprint density at radius 3 is 2.00 bits per heavy atom. The molecule has 2 aliphatic rings. The van der Waals surface area contributed by atoms with E-state index in [1.54, 1.807) is 12.5 Å². The average Bonchev–Trinajstić information content (AvgIpc) is 3.05. The molecule has 1 aliphatic heterocycles. The van der Waals surface area contributed by atoms with Crippen molar-refractivity contribution in [3.8, 4) is 0 Å². The normalized spacial score (nSPS) is 15.3. The van der Waals surface area contributed by atoms with E-state index >= 15 is 0 Å². The van der Waals surface area contributed by atoms with Crippen LogP contribution in [-0.4, -0.2) is 30.4 Å². The maximum absolute atomic E-state index is 11.2. The van der Waals surface area contributed by atoms with Gasteiger partial charge in [-0.25, -0.2) is 0 Å². The van der Waals surface area contributed by atoms with E-state index in [0.29, 0.717) is 0 Å². The molecule has 0 bridgehead atoms. The number of hydrogen-bond donors (Lipinski definition) is 1. The number of hydrogen-bond acceptors (Lipinski definition) is 2. The number of nitrogens with one attached hydrogen (secondary N) is 1. The number of unbranched alkanes of at least 4 members (excludes halogenated alkanes) is 1. The molecule has 0 atom stereocenters. The van der Waals surface area contributed by atoms with Gasteiger partial charge in [0.1, 0.15) is 0 Å². The van der Waals surface area contributed by atoms with Crippen molar-refractivity contribution in [1.29, 1.82) is 0 Å². The molecule has 3 aromatic carbocycles. The zero-order chi connectivity index (χ0) is 24.0. The number of rotatable bonds is 6. The molecule has 35 heavy (non-hydrogen) atoms. The van der Waals surface area contributed by atoms with Crippen LogP contribution in [0.3, 0.4) is 0 Å². The highest BCUT2D eigenvalue weighted by atomic mass is 16.1. The maximum atomic E-state index is 11.2. The number of fused-ring (bicyclic) bond motifs is 2. The minimum absolute atomic E-state index is 0.0257. The number of piperidine rings is 1. The molecule has 3 aromatic rings. The number of carbonyl (C=O) groups is 1. The van der Waals surface area contributed by atoms with E-state index in [1.807, 2.05) is 12.1 Å². The van der Waals surface area contributed by atoms with Crippen LogP contribution in [0, 0.1) is 0 Å². The van der Waals surface area contributed by atoms with Gasteiger partial charge in [-0.05, 0) is 84.2 Å². The van der Waals surface area contributed by atoms with E-state index in [9.17, 15) is 4.79 Å². The van der Waals surface area contributed by atoms with Crippen LogP contribution in [0.25, 0.3) is 17.7 Å². The van der Waals surface area contributed by atoms with Crippen molar-refractivity contribution >= 4 is 29.3 Å². The quantitative estimate of drug-likeness (QED) is 0.311. The lowest BCUT2D eigenvalue weighted by Crippen LogP contribution is -2.32. The molecule has 1 saturated heterocycles. The highest BCUT2D eigenvalue weighted by molar-refractivity contribution is 5.95. The first-order valence-electron chi connectivity index (χ1n) is 12.9. The summed E-state index contributed by atoms with van der Waals surface area (Å²) < 4.78 is 0. The second-order valence-corrected chi connectivity index (χ2v) is 9.66. The van der Waals surface area contributed by atoms with Gasteiger partial charge >= 0.3 is 0 Å². The molecule has 178 valence electrons. The average molecular weight is 463 g/mol. The van der Waals surface area contributed by atoms with Gasteiger partial charge in [-0.1, -0.05) is 78.4 Å². The highest BCUT2D eigenvalue weighted by Gasteiger charge is 2.22. The Hall–Kier alpha value is -3.43. The smallest absolute Gasteiger partial charge is 0.221 e. The molecule has 0 aromatic heterocycles. The molecule has 1 aliphatic carbocycles. The van der Waals surface area contributed by atoms with Crippen LogP contribution in [0.2, 0.25) is 0 Å². The first-order valence-corrected chi connectivity index (χ1v) is 12.9. The minimum Gasteiger partial charge on any atom is -0.326 e. The lowest BCUT2D eigenvalue weighted by molar-refractivity contribution is -0.114. The summed E-state index contributed by atoms with van der Waals surface area (Å²) in [5.74, 6) is -0.0257. The third-order valence-corrected chi connectivity index (χ3v) is 7.18. The Morgan fingerprint density at radius 2 is 1.40 bits per heavy atom. The van der Waals surface area contributed by atoms with Crippen LogP contribution in [0.4, 0.5) is 5.69 Å². The van der Waals surface area contributed by atoms with Crippen molar-refractivity contribution in [1.82, 2.24) is 4.90 Å². The van der Waals surface area contributed by atoms with E-state index < -0.39 is 0 Å². The monoisotopic (exact) mass is 462 g/mol. The number of aryl methyl sites for hydroxylation is 1. The molecule has 1 heterocycles. The lowest BCUT2D eigenvalue weighted by Gasteiger charge is -2.30. The van der Waals surface area contributed by atoms with Crippen molar-refractivity contribution in [3.05, 3.63) is 106 Å². The van der Waals surface area contributed by atoms with Crippen molar-refractivity contribution in [2.24, 2.45) is 0 Å². The molecule has 3 heteroatoms. The molecule has 0 radical (unpaired) electrons. The van der Waals surface area contributed by atoms with Crippen LogP contribution in [0.5, 0.6) is 0 Å². The summed E-state index contributed by atoms with van der Waals surface area (Å²) in [5, 5.41) is 2.83. The number of benzene rings is 3. The van der Waals surface area contributed by atoms with E-state index in [0.717, 1.165) is 38.0 Å². The summed E-state index contributed by atoms with van der Waals surface area (Å²) in [5.41, 5.74) is 10.7. The zero-order valence-corrected chi connectivity index (χ0v) is 20.6. The van der Waals surface area contributed by atoms with E-state index in [1.165, 1.54) is 52.8 Å². The fraction of sp³-hybridized carbons (Fsp3) is 0.281. The van der Waals surface area contributed by atoms with Crippen molar-refractivity contribution < 1.29 is 4.79 Å². The van der Waals surface area contributed by atoms with E-state index in [-0.39, 0.29) is 5.91 Å². The molecular formula is C32H34N2O. The van der Waals surface area contributed by atoms with E-state index in [2.05, 4.69) is 83.0 Å². The topological polar surface area (TPSA) is 32.3 Å². The summed E-state index contributed by atoms with van der Waals surface area (Å²) in [7, 11) is 0. The molecule has 0 saturated carbocycles. The fourth-order valence-corrected chi connectivity index (χ4v) is 5.36. The Bertz CT molecular complexity index is 1190. The predicted molar refractivity (Wildman–Crippen MR) is 147 cm³/mol. The Balaban J connectivity index is 1.19. The number of nitrogens with zero attached hydrogens (tertiary/aromatic N) is 1. The van der Waals surface area contributed by atoms with Crippen LogP contribution >= 0.6 is 0 Å². The Labute approximate surface area is 209 Å². The van der Waals surface area contributed by atoms with Gasteiger partial charge < -0.3 is 10.2 Å². The molecule has 5 rings (SSSR count). The van der Waals surface area contributed by atoms with Gasteiger partial charge in [-0.2, -0.15) is 0 Å². The molecule has 0 spiro atoms. The molecule has 1 amide bonds. The number of amides is 1. The summed E-state index contributed by atoms with van der Waals surface area (Å²) >= 11 is 0. The SMILES string of the molecule is CC(=O)Nc1ccc(CCCCN2CCC(=C3c4ccccc4C=Cc4ccccc43)CC2)cc1. The number of likely N-dealkylation sites (tertiary alicyclic amines) is 1. The van der Waals surface area contributed by atoms with Gasteiger partial charge in [-0.15, -0.1) is 0 Å². The largest absolute Gasteiger partial charge is 0.326 e. The molecule has 3 nitrogen and oxygen atoms in total. The minimum atomic E-state index is -0.0257. The summed E-state index contributed by atoms with van der Waals surface area (Å²) in [6.45, 7) is 4.99. The zero-order valence-electron chi connectivity index (χ0n) is 20.6. The summed E-state index contributed by atoms with van der Waals surface area (Å²) in [6.07, 6.45) is 10.3. The Morgan fingerprint density at radius 1 is 0.800 bits per heavy atom. The maximum Gasteiger partial charge on any atom is 0.221 e. The van der Waals surface area contributed by atoms with Gasteiger partial charge in [0.15, 0.2) is 0 Å². The van der Waals surface area contributed by atoms with Gasteiger partial charge in [0, 0.05) is 25.7 Å². The van der Waals surface area contributed by atoms with Crippen LogP contribution in [-0.2, 0) is 11.2 Å². The summed E-state index contributed by atoms with van der Waals surface area (Å²) in [6, 6.07) is 25.9. The second-order valence-electron chi connectivity index (χ2n) is 9.66. The summed E-state index contributed by atoms with van der Waals surface area (Å²) in [4.78, 5) is 13.8. The molecular weight excluding hydrogens is 428 g/mol. The third kappa shape index (κ3) is 5.63. The van der Waals surface area contributed by atoms with Gasteiger partial charge in [0.05, 0.1) is 0 Å². The molecule has 0 unspecified atom stereocenters.